The minimum absolute atomic E-state index is 0.130. The molecule has 4 heterocycles. The number of piperidine rings is 1. The Morgan fingerprint density at radius 3 is 2.71 bits per heavy atom. The van der Waals surface area contributed by atoms with E-state index < -0.39 is 0 Å². The predicted molar refractivity (Wildman–Crippen MR) is 109 cm³/mol. The number of nitrogens with zero attached hydrogens (tertiary/aromatic N) is 6. The van der Waals surface area contributed by atoms with E-state index in [9.17, 15) is 0 Å². The van der Waals surface area contributed by atoms with Gasteiger partial charge in [0.1, 0.15) is 5.82 Å². The van der Waals surface area contributed by atoms with E-state index in [0.29, 0.717) is 18.1 Å². The van der Waals surface area contributed by atoms with Crippen LogP contribution in [0, 0.1) is 17.2 Å². The second-order valence-corrected chi connectivity index (χ2v) is 6.95. The van der Waals surface area contributed by atoms with Crippen LogP contribution in [0.25, 0.3) is 11.0 Å². The number of aryl methyl sites for hydroxylation is 1. The van der Waals surface area contributed by atoms with E-state index in [1.165, 1.54) is 0 Å². The molecular formula is C21H23N7. The molecule has 0 bridgehead atoms. The molecule has 1 fully saturated rings. The van der Waals surface area contributed by atoms with Gasteiger partial charge in [0.2, 0.25) is 5.95 Å². The lowest BCUT2D eigenvalue weighted by Crippen LogP contribution is -2.34. The van der Waals surface area contributed by atoms with E-state index in [-0.39, 0.29) is 5.92 Å². The van der Waals surface area contributed by atoms with Crippen LogP contribution in [0.1, 0.15) is 31.0 Å². The van der Waals surface area contributed by atoms with Crippen LogP contribution in [0.15, 0.2) is 36.7 Å². The van der Waals surface area contributed by atoms with Crippen LogP contribution < -0.4 is 10.2 Å². The Morgan fingerprint density at radius 1 is 1.14 bits per heavy atom. The van der Waals surface area contributed by atoms with Gasteiger partial charge in [0, 0.05) is 43.6 Å². The number of nitrogens with one attached hydrogen (secondary N) is 1. The summed E-state index contributed by atoms with van der Waals surface area (Å²) in [4.78, 5) is 20.5. The third-order valence-corrected chi connectivity index (χ3v) is 5.19. The Hall–Kier alpha value is -3.27. The van der Waals surface area contributed by atoms with Crippen molar-refractivity contribution in [1.82, 2.24) is 19.9 Å². The Balaban J connectivity index is 1.62. The normalized spacial score (nSPS) is 14.8. The summed E-state index contributed by atoms with van der Waals surface area (Å²) in [7, 11) is 0. The van der Waals surface area contributed by atoms with E-state index >= 15 is 0 Å². The summed E-state index contributed by atoms with van der Waals surface area (Å²) < 4.78 is 0. The molecule has 0 spiro atoms. The average molecular weight is 373 g/mol. The topological polar surface area (TPSA) is 90.6 Å². The lowest BCUT2D eigenvalue weighted by molar-refractivity contribution is 0.482. The first-order valence-electron chi connectivity index (χ1n) is 9.72. The highest BCUT2D eigenvalue weighted by molar-refractivity contribution is 5.87. The lowest BCUT2D eigenvalue weighted by atomic mass is 9.99. The number of aromatic nitrogens is 4. The third kappa shape index (κ3) is 3.72. The minimum atomic E-state index is 0.130. The fourth-order valence-corrected chi connectivity index (χ4v) is 3.57. The molecule has 1 N–H and O–H groups in total. The van der Waals surface area contributed by atoms with Crippen LogP contribution in [-0.4, -0.2) is 33.0 Å². The first-order chi connectivity index (χ1) is 13.8. The van der Waals surface area contributed by atoms with Gasteiger partial charge >= 0.3 is 0 Å². The van der Waals surface area contributed by atoms with Gasteiger partial charge in [-0.1, -0.05) is 13.0 Å². The fourth-order valence-electron chi connectivity index (χ4n) is 3.57. The summed E-state index contributed by atoms with van der Waals surface area (Å²) in [5, 5.41) is 13.5. The van der Waals surface area contributed by atoms with Gasteiger partial charge in [0.15, 0.2) is 5.65 Å². The van der Waals surface area contributed by atoms with Crippen LogP contribution in [0.3, 0.4) is 0 Å². The summed E-state index contributed by atoms with van der Waals surface area (Å²) >= 11 is 0. The van der Waals surface area contributed by atoms with Crippen molar-refractivity contribution in [2.75, 3.05) is 23.3 Å². The summed E-state index contributed by atoms with van der Waals surface area (Å²) in [5.41, 5.74) is 2.93. The van der Waals surface area contributed by atoms with Gasteiger partial charge in [0.05, 0.1) is 11.5 Å². The van der Waals surface area contributed by atoms with Crippen LogP contribution in [0.5, 0.6) is 0 Å². The quantitative estimate of drug-likeness (QED) is 0.733. The molecule has 0 amide bonds. The van der Waals surface area contributed by atoms with Crippen molar-refractivity contribution in [1.29, 1.82) is 5.26 Å². The van der Waals surface area contributed by atoms with Gasteiger partial charge in [-0.25, -0.2) is 4.98 Å². The van der Waals surface area contributed by atoms with Crippen molar-refractivity contribution < 1.29 is 0 Å². The number of hydrogen-bond donors (Lipinski definition) is 1. The maximum atomic E-state index is 9.13. The number of rotatable bonds is 5. The summed E-state index contributed by atoms with van der Waals surface area (Å²) in [6.45, 7) is 4.34. The van der Waals surface area contributed by atoms with Crippen LogP contribution in [-0.2, 0) is 13.0 Å². The van der Waals surface area contributed by atoms with E-state index in [2.05, 4.69) is 44.2 Å². The number of fused-ring (bicyclic) bond motifs is 1. The molecular weight excluding hydrogens is 350 g/mol. The van der Waals surface area contributed by atoms with E-state index in [0.717, 1.165) is 54.8 Å². The Bertz CT molecular complexity index is 1000. The smallest absolute Gasteiger partial charge is 0.229 e. The molecule has 0 atom stereocenters. The van der Waals surface area contributed by atoms with Crippen molar-refractivity contribution in [3.63, 3.8) is 0 Å². The highest BCUT2D eigenvalue weighted by atomic mass is 15.3. The fraction of sp³-hybridized carbons (Fsp3) is 0.381. The largest absolute Gasteiger partial charge is 0.365 e. The SMILES string of the molecule is CCc1ncccc1CNc1nc(N2CCC(C#N)CC2)nc2ncccc12. The van der Waals surface area contributed by atoms with E-state index in [4.69, 9.17) is 10.2 Å². The molecule has 4 rings (SSSR count). The van der Waals surface area contributed by atoms with Crippen molar-refractivity contribution in [2.24, 2.45) is 5.92 Å². The maximum Gasteiger partial charge on any atom is 0.229 e. The first kappa shape index (κ1) is 18.1. The Kier molecular flexibility index (Phi) is 5.29. The molecule has 0 saturated carbocycles. The molecule has 3 aromatic rings. The predicted octanol–water partition coefficient (Wildman–Crippen LogP) is 3.33. The average Bonchev–Trinajstić information content (AvgIpc) is 2.77. The van der Waals surface area contributed by atoms with Crippen LogP contribution in [0.4, 0.5) is 11.8 Å². The van der Waals surface area contributed by atoms with Crippen molar-refractivity contribution >= 4 is 22.8 Å². The minimum Gasteiger partial charge on any atom is -0.365 e. The van der Waals surface area contributed by atoms with Gasteiger partial charge in [-0.2, -0.15) is 15.2 Å². The number of anilines is 2. The molecule has 142 valence electrons. The molecule has 3 aromatic heterocycles. The molecule has 1 aliphatic rings. The molecule has 7 heteroatoms. The van der Waals surface area contributed by atoms with Gasteiger partial charge in [-0.3, -0.25) is 4.98 Å². The highest BCUT2D eigenvalue weighted by Crippen LogP contribution is 2.26. The molecule has 0 radical (unpaired) electrons. The molecule has 28 heavy (non-hydrogen) atoms. The molecule has 0 aliphatic carbocycles. The van der Waals surface area contributed by atoms with E-state index in [1.807, 2.05) is 24.4 Å². The Morgan fingerprint density at radius 2 is 1.93 bits per heavy atom. The number of pyridine rings is 2. The van der Waals surface area contributed by atoms with Crippen molar-refractivity contribution in [2.45, 2.75) is 32.7 Å². The lowest BCUT2D eigenvalue weighted by Gasteiger charge is -2.29. The maximum absolute atomic E-state index is 9.13. The van der Waals surface area contributed by atoms with Gasteiger partial charge in [-0.15, -0.1) is 0 Å². The van der Waals surface area contributed by atoms with Crippen LogP contribution in [0.2, 0.25) is 0 Å². The second kappa shape index (κ2) is 8.17. The van der Waals surface area contributed by atoms with Crippen molar-refractivity contribution in [3.05, 3.63) is 47.9 Å². The van der Waals surface area contributed by atoms with E-state index in [1.54, 1.807) is 6.20 Å². The van der Waals surface area contributed by atoms with Gasteiger partial charge in [0.25, 0.3) is 0 Å². The molecule has 1 aliphatic heterocycles. The summed E-state index contributed by atoms with van der Waals surface area (Å²) in [5.74, 6) is 1.58. The molecule has 1 saturated heterocycles. The number of hydrogen-bond acceptors (Lipinski definition) is 7. The number of nitriles is 1. The summed E-state index contributed by atoms with van der Waals surface area (Å²) in [6, 6.07) is 10.3. The third-order valence-electron chi connectivity index (χ3n) is 5.19. The summed E-state index contributed by atoms with van der Waals surface area (Å²) in [6.07, 6.45) is 6.16. The molecule has 0 unspecified atom stereocenters. The van der Waals surface area contributed by atoms with Crippen molar-refractivity contribution in [3.8, 4) is 6.07 Å². The zero-order valence-electron chi connectivity index (χ0n) is 16.0. The monoisotopic (exact) mass is 373 g/mol. The second-order valence-electron chi connectivity index (χ2n) is 6.95. The molecule has 7 nitrogen and oxygen atoms in total. The zero-order chi connectivity index (χ0) is 19.3. The first-order valence-corrected chi connectivity index (χ1v) is 9.72. The molecule has 0 aromatic carbocycles. The Labute approximate surface area is 164 Å². The zero-order valence-corrected chi connectivity index (χ0v) is 16.0. The highest BCUT2D eigenvalue weighted by Gasteiger charge is 2.22. The standard InChI is InChI=1S/C21H23N7/c1-2-18-16(5-3-9-23-18)14-25-20-17-6-4-10-24-19(17)26-21(27-20)28-11-7-15(13-22)8-12-28/h3-6,9-10,15H,2,7-8,11-12,14H2,1H3,(H,24,25,26,27). The van der Waals surface area contributed by atoms with Gasteiger partial charge < -0.3 is 10.2 Å². The van der Waals surface area contributed by atoms with Gasteiger partial charge in [-0.05, 0) is 43.0 Å². The van der Waals surface area contributed by atoms with Crippen LogP contribution >= 0.6 is 0 Å².